The number of amides is 1. The summed E-state index contributed by atoms with van der Waals surface area (Å²) >= 11 is 0. The Labute approximate surface area is 154 Å². The van der Waals surface area contributed by atoms with Gasteiger partial charge in [0, 0.05) is 23.4 Å². The predicted molar refractivity (Wildman–Crippen MR) is 99.9 cm³/mol. The van der Waals surface area contributed by atoms with Crippen LogP contribution in [0.4, 0.5) is 0 Å². The summed E-state index contributed by atoms with van der Waals surface area (Å²) in [5.41, 5.74) is 3.79. The zero-order valence-electron chi connectivity index (χ0n) is 16.0. The van der Waals surface area contributed by atoms with Gasteiger partial charge in [-0.3, -0.25) is 9.89 Å². The minimum atomic E-state index is 0.0258. The molecular formula is C20H27N3O3. The lowest BCUT2D eigenvalue weighted by atomic mass is 9.98. The lowest BCUT2D eigenvalue weighted by molar-refractivity contribution is 0.0679. The lowest BCUT2D eigenvalue weighted by Gasteiger charge is -2.31. The summed E-state index contributed by atoms with van der Waals surface area (Å²) in [7, 11) is 3.17. The Hall–Kier alpha value is -2.50. The molecule has 1 aromatic heterocycles. The molecule has 1 saturated heterocycles. The number of carbonyl (C=O) groups excluding carboxylic acids is 1. The Balaban J connectivity index is 1.97. The van der Waals surface area contributed by atoms with Gasteiger partial charge in [0.2, 0.25) is 0 Å². The molecule has 1 amide bonds. The van der Waals surface area contributed by atoms with E-state index >= 15 is 0 Å². The van der Waals surface area contributed by atoms with Crippen LogP contribution in [0.3, 0.4) is 0 Å². The number of nitrogens with one attached hydrogen (secondary N) is 1. The van der Waals surface area contributed by atoms with Crippen molar-refractivity contribution < 1.29 is 14.3 Å². The van der Waals surface area contributed by atoms with Gasteiger partial charge in [-0.1, -0.05) is 12.8 Å². The second kappa shape index (κ2) is 7.81. The summed E-state index contributed by atoms with van der Waals surface area (Å²) in [4.78, 5) is 15.3. The van der Waals surface area contributed by atoms with Crippen LogP contribution >= 0.6 is 0 Å². The molecule has 0 spiro atoms. The molecule has 1 aliphatic heterocycles. The highest BCUT2D eigenvalue weighted by molar-refractivity contribution is 5.95. The van der Waals surface area contributed by atoms with Crippen molar-refractivity contribution in [2.75, 3.05) is 20.8 Å². The molecule has 2 heterocycles. The predicted octanol–water partition coefficient (Wildman–Crippen LogP) is 3.80. The first-order valence-electron chi connectivity index (χ1n) is 9.11. The average Bonchev–Trinajstić information content (AvgIpc) is 2.86. The van der Waals surface area contributed by atoms with E-state index < -0.39 is 0 Å². The zero-order chi connectivity index (χ0) is 18.7. The highest BCUT2D eigenvalue weighted by Gasteiger charge is 2.31. The molecule has 6 heteroatoms. The number of rotatable bonds is 4. The molecule has 1 fully saturated rings. The van der Waals surface area contributed by atoms with E-state index in [2.05, 4.69) is 10.2 Å². The van der Waals surface area contributed by atoms with Crippen molar-refractivity contribution in [3.63, 3.8) is 0 Å². The van der Waals surface area contributed by atoms with Crippen molar-refractivity contribution >= 4 is 5.91 Å². The fraction of sp³-hybridized carbons (Fsp3) is 0.500. The molecule has 1 atom stereocenters. The minimum Gasteiger partial charge on any atom is -0.493 e. The van der Waals surface area contributed by atoms with E-state index in [1.807, 2.05) is 18.7 Å². The van der Waals surface area contributed by atoms with Gasteiger partial charge in [0.1, 0.15) is 0 Å². The van der Waals surface area contributed by atoms with Crippen LogP contribution in [0.15, 0.2) is 18.2 Å². The number of ether oxygens (including phenoxy) is 2. The van der Waals surface area contributed by atoms with Gasteiger partial charge in [-0.25, -0.2) is 0 Å². The quantitative estimate of drug-likeness (QED) is 0.904. The number of benzene rings is 1. The molecule has 2 aromatic rings. The summed E-state index contributed by atoms with van der Waals surface area (Å²) < 4.78 is 10.7. The molecular weight excluding hydrogens is 330 g/mol. The summed E-state index contributed by atoms with van der Waals surface area (Å²) in [6, 6.07) is 5.41. The van der Waals surface area contributed by atoms with E-state index in [0.29, 0.717) is 17.1 Å². The number of carbonyl (C=O) groups is 1. The molecule has 0 bridgehead atoms. The van der Waals surface area contributed by atoms with Gasteiger partial charge in [-0.2, -0.15) is 5.10 Å². The molecule has 1 aliphatic rings. The van der Waals surface area contributed by atoms with Crippen molar-refractivity contribution in [2.45, 2.75) is 45.6 Å². The van der Waals surface area contributed by atoms with Crippen molar-refractivity contribution in [3.8, 4) is 11.5 Å². The van der Waals surface area contributed by atoms with E-state index in [1.165, 1.54) is 0 Å². The topological polar surface area (TPSA) is 67.5 Å². The summed E-state index contributed by atoms with van der Waals surface area (Å²) in [6.07, 6.45) is 4.23. The van der Waals surface area contributed by atoms with Crippen LogP contribution in [-0.2, 0) is 0 Å². The van der Waals surface area contributed by atoms with Crippen LogP contribution < -0.4 is 9.47 Å². The van der Waals surface area contributed by atoms with Gasteiger partial charge < -0.3 is 14.4 Å². The number of methoxy groups -OCH3 is 2. The van der Waals surface area contributed by atoms with Crippen LogP contribution in [-0.4, -0.2) is 41.8 Å². The molecule has 0 radical (unpaired) electrons. The SMILES string of the molecule is COc1ccc(C(=O)N2CCCCC[C@H]2c2c(C)n[nH]c2C)cc1OC. The Morgan fingerprint density at radius 1 is 1.15 bits per heavy atom. The smallest absolute Gasteiger partial charge is 0.254 e. The monoisotopic (exact) mass is 357 g/mol. The van der Waals surface area contributed by atoms with E-state index in [4.69, 9.17) is 9.47 Å². The number of aryl methyl sites for hydroxylation is 2. The van der Waals surface area contributed by atoms with Crippen LogP contribution in [0.5, 0.6) is 11.5 Å². The van der Waals surface area contributed by atoms with Crippen LogP contribution in [0.25, 0.3) is 0 Å². The number of H-pyrrole nitrogens is 1. The maximum atomic E-state index is 13.3. The number of aromatic amines is 1. The third-order valence-electron chi connectivity index (χ3n) is 5.16. The third-order valence-corrected chi connectivity index (χ3v) is 5.16. The Morgan fingerprint density at radius 3 is 2.58 bits per heavy atom. The summed E-state index contributed by atoms with van der Waals surface area (Å²) in [6.45, 7) is 4.78. The van der Waals surface area contributed by atoms with Gasteiger partial charge >= 0.3 is 0 Å². The third kappa shape index (κ3) is 3.41. The van der Waals surface area contributed by atoms with Crippen LogP contribution in [0, 0.1) is 13.8 Å². The number of hydrogen-bond donors (Lipinski definition) is 1. The molecule has 0 aliphatic carbocycles. The highest BCUT2D eigenvalue weighted by atomic mass is 16.5. The molecule has 1 N–H and O–H groups in total. The van der Waals surface area contributed by atoms with E-state index in [9.17, 15) is 4.79 Å². The molecule has 3 rings (SSSR count). The maximum absolute atomic E-state index is 13.3. The first kappa shape index (κ1) is 18.3. The maximum Gasteiger partial charge on any atom is 0.254 e. The van der Waals surface area contributed by atoms with Crippen molar-refractivity contribution in [2.24, 2.45) is 0 Å². The van der Waals surface area contributed by atoms with Crippen molar-refractivity contribution in [1.29, 1.82) is 0 Å². The Kier molecular flexibility index (Phi) is 5.49. The van der Waals surface area contributed by atoms with Crippen molar-refractivity contribution in [3.05, 3.63) is 40.7 Å². The molecule has 0 unspecified atom stereocenters. The van der Waals surface area contributed by atoms with E-state index in [0.717, 1.165) is 49.2 Å². The van der Waals surface area contributed by atoms with Gasteiger partial charge in [0.15, 0.2) is 11.5 Å². The van der Waals surface area contributed by atoms with Gasteiger partial charge in [0.05, 0.1) is 26.0 Å². The molecule has 140 valence electrons. The number of nitrogens with zero attached hydrogens (tertiary/aromatic N) is 2. The van der Waals surface area contributed by atoms with Gasteiger partial charge in [0.25, 0.3) is 5.91 Å². The first-order chi connectivity index (χ1) is 12.6. The lowest BCUT2D eigenvalue weighted by Crippen LogP contribution is -2.35. The Morgan fingerprint density at radius 2 is 1.92 bits per heavy atom. The number of hydrogen-bond acceptors (Lipinski definition) is 4. The van der Waals surface area contributed by atoms with Crippen molar-refractivity contribution in [1.82, 2.24) is 15.1 Å². The summed E-state index contributed by atoms with van der Waals surface area (Å²) in [5, 5.41) is 7.40. The summed E-state index contributed by atoms with van der Waals surface area (Å²) in [5.74, 6) is 1.22. The van der Waals surface area contributed by atoms with Gasteiger partial charge in [-0.05, 0) is 44.9 Å². The van der Waals surface area contributed by atoms with E-state index in [-0.39, 0.29) is 11.9 Å². The average molecular weight is 357 g/mol. The molecule has 6 nitrogen and oxygen atoms in total. The van der Waals surface area contributed by atoms with Crippen LogP contribution in [0.1, 0.15) is 59.0 Å². The highest BCUT2D eigenvalue weighted by Crippen LogP contribution is 2.35. The number of likely N-dealkylation sites (tertiary alicyclic amines) is 1. The van der Waals surface area contributed by atoms with Crippen LogP contribution in [0.2, 0.25) is 0 Å². The molecule has 0 saturated carbocycles. The Bertz CT molecular complexity index is 765. The second-order valence-electron chi connectivity index (χ2n) is 6.78. The second-order valence-corrected chi connectivity index (χ2v) is 6.78. The van der Waals surface area contributed by atoms with E-state index in [1.54, 1.807) is 32.4 Å². The molecule has 1 aromatic carbocycles. The fourth-order valence-electron chi connectivity index (χ4n) is 3.84. The number of aromatic nitrogens is 2. The first-order valence-corrected chi connectivity index (χ1v) is 9.11. The largest absolute Gasteiger partial charge is 0.493 e. The minimum absolute atomic E-state index is 0.0258. The standard InChI is InChI=1S/C20H27N3O3/c1-13-19(14(2)22-21-13)16-8-6-5-7-11-23(16)20(24)15-9-10-17(25-3)18(12-15)26-4/h9-10,12,16H,5-8,11H2,1-4H3,(H,21,22)/t16-/m0/s1. The molecule has 26 heavy (non-hydrogen) atoms. The fourth-order valence-corrected chi connectivity index (χ4v) is 3.84. The van der Waals surface area contributed by atoms with Gasteiger partial charge in [-0.15, -0.1) is 0 Å². The zero-order valence-corrected chi connectivity index (χ0v) is 16.0. The normalized spacial score (nSPS) is 17.7.